The number of fused-ring (bicyclic) bond motifs is 22. The van der Waals surface area contributed by atoms with Crippen LogP contribution >= 0.6 is 0 Å². The topological polar surface area (TPSA) is 205 Å². The molecule has 0 spiro atoms. The minimum atomic E-state index is -0.425. The van der Waals surface area contributed by atoms with Crippen molar-refractivity contribution in [2.75, 3.05) is 0 Å². The average molecular weight is 870 g/mol. The third-order valence-corrected chi connectivity index (χ3v) is 10.6. The molecule has 8 bridgehead atoms. The van der Waals surface area contributed by atoms with Crippen molar-refractivity contribution in [2.24, 2.45) is 0 Å². The molecule has 3 aromatic heterocycles. The van der Waals surface area contributed by atoms with Crippen molar-refractivity contribution in [3.05, 3.63) is 178 Å². The number of aromatic amines is 2. The summed E-state index contributed by atoms with van der Waals surface area (Å²) in [4.78, 5) is 80.3. The van der Waals surface area contributed by atoms with Gasteiger partial charge in [-0.05, 0) is 0 Å². The fourth-order valence-electron chi connectivity index (χ4n) is 7.73. The zero-order valence-corrected chi connectivity index (χ0v) is 33.3. The van der Waals surface area contributed by atoms with Crippen LogP contribution in [0.2, 0.25) is 0 Å². The van der Waals surface area contributed by atoms with Gasteiger partial charge in [-0.15, -0.1) is 0 Å². The van der Waals surface area contributed by atoms with Crippen molar-refractivity contribution in [1.82, 2.24) is 39.9 Å². The number of rotatable bonds is 0. The summed E-state index contributed by atoms with van der Waals surface area (Å²) in [6, 6.07) is 45.5. The number of imide groups is 2. The van der Waals surface area contributed by atoms with E-state index >= 15 is 0 Å². The number of carbonyl (C=O) groups is 4. The van der Waals surface area contributed by atoms with E-state index in [0.717, 1.165) is 43.8 Å². The van der Waals surface area contributed by atoms with Gasteiger partial charge in [0.15, 0.2) is 23.3 Å². The molecule has 6 aromatic carbocycles. The SMILES string of the molecule is O=C1[N-]C(=O)c2ccccc21.O=C1[N-]C(=O)c2ccccc21.[Cu+2].c1ccc2c(c1)-c1nc-2nc2[nH]c(nc3nc(nc4[nH]c(n1)c1ccccc41)-c1ccccc1-3)c1ccccc21. The number of nitrogens with one attached hydrogen (secondary N) is 2. The molecule has 7 heterocycles. The molecular formula is C48H26CuN10O4. The van der Waals surface area contributed by atoms with Crippen LogP contribution in [0.4, 0.5) is 0 Å². The van der Waals surface area contributed by atoms with Crippen LogP contribution in [0.1, 0.15) is 41.4 Å². The van der Waals surface area contributed by atoms with Gasteiger partial charge in [-0.2, -0.15) is 0 Å². The van der Waals surface area contributed by atoms with Crippen molar-refractivity contribution >= 4 is 67.8 Å². The molecule has 0 atom stereocenters. The Morgan fingerprint density at radius 2 is 0.492 bits per heavy atom. The summed E-state index contributed by atoms with van der Waals surface area (Å²) in [5.41, 5.74) is 8.11. The molecule has 4 amide bonds. The van der Waals surface area contributed by atoms with E-state index in [1.807, 2.05) is 97.1 Å². The second kappa shape index (κ2) is 15.5. The third-order valence-electron chi connectivity index (χ3n) is 10.6. The summed E-state index contributed by atoms with van der Waals surface area (Å²) in [6.07, 6.45) is 0. The molecule has 2 N–H and O–H groups in total. The Kier molecular flexibility index (Phi) is 9.51. The number of hydrogen-bond donors (Lipinski definition) is 2. The maximum absolute atomic E-state index is 10.9. The molecule has 13 rings (SSSR count). The van der Waals surface area contributed by atoms with Crippen LogP contribution in [-0.4, -0.2) is 63.5 Å². The summed E-state index contributed by atoms with van der Waals surface area (Å²) in [5, 5.41) is 10.4. The smallest absolute Gasteiger partial charge is 0.587 e. The van der Waals surface area contributed by atoms with Crippen LogP contribution in [0.3, 0.4) is 0 Å². The fourth-order valence-corrected chi connectivity index (χ4v) is 7.73. The van der Waals surface area contributed by atoms with Gasteiger partial charge in [0.05, 0.1) is 23.6 Å². The monoisotopic (exact) mass is 869 g/mol. The van der Waals surface area contributed by atoms with Gasteiger partial charge in [0.25, 0.3) is 0 Å². The quantitative estimate of drug-likeness (QED) is 0.109. The number of hydrogen-bond acceptors (Lipinski definition) is 10. The van der Waals surface area contributed by atoms with Crippen LogP contribution < -0.4 is 0 Å². The van der Waals surface area contributed by atoms with Gasteiger partial charge in [-0.1, -0.05) is 146 Å². The van der Waals surface area contributed by atoms with E-state index < -0.39 is 23.6 Å². The Labute approximate surface area is 366 Å². The zero-order chi connectivity index (χ0) is 41.9. The van der Waals surface area contributed by atoms with E-state index in [9.17, 15) is 19.2 Å². The Hall–Kier alpha value is -8.52. The number of carbonyl (C=O) groups excluding carboxylic acids is 4. The molecule has 9 aromatic rings. The molecule has 0 fully saturated rings. The fraction of sp³-hybridized carbons (Fsp3) is 0. The summed E-state index contributed by atoms with van der Waals surface area (Å²) in [7, 11) is 0. The number of aromatic nitrogens is 8. The van der Waals surface area contributed by atoms with E-state index in [1.165, 1.54) is 0 Å². The predicted octanol–water partition coefficient (Wildman–Crippen LogP) is 9.58. The molecule has 4 aliphatic rings. The molecule has 0 aliphatic carbocycles. The molecule has 0 saturated carbocycles. The average Bonchev–Trinajstić information content (AvgIpc) is 4.14. The van der Waals surface area contributed by atoms with E-state index in [0.29, 0.717) is 68.1 Å². The normalized spacial score (nSPS) is 12.7. The molecule has 14 nitrogen and oxygen atoms in total. The number of H-pyrrole nitrogens is 2. The number of nitrogens with zero attached hydrogens (tertiary/aromatic N) is 8. The van der Waals surface area contributed by atoms with Gasteiger partial charge in [0.2, 0.25) is 0 Å². The Morgan fingerprint density at radius 3 is 0.730 bits per heavy atom. The number of benzene rings is 6. The van der Waals surface area contributed by atoms with Gasteiger partial charge >= 0.3 is 17.1 Å². The maximum Gasteiger partial charge on any atom is 2.00 e. The van der Waals surface area contributed by atoms with Crippen molar-refractivity contribution in [2.45, 2.75) is 0 Å². The molecule has 303 valence electrons. The van der Waals surface area contributed by atoms with Crippen LogP contribution in [0.25, 0.3) is 100 Å². The third kappa shape index (κ3) is 6.70. The van der Waals surface area contributed by atoms with Crippen LogP contribution in [-0.2, 0) is 17.1 Å². The largest absolute Gasteiger partial charge is 2.00 e. The van der Waals surface area contributed by atoms with Gasteiger partial charge in [-0.3, -0.25) is 0 Å². The zero-order valence-electron chi connectivity index (χ0n) is 32.4. The molecule has 0 saturated heterocycles. The number of amides is 4. The van der Waals surface area contributed by atoms with Crippen LogP contribution in [0.15, 0.2) is 146 Å². The minimum Gasteiger partial charge on any atom is -0.587 e. The molecule has 4 aliphatic heterocycles. The standard InChI is InChI=1S/C32H18N8.2C8H5NO2.Cu/c1-2-10-18-17(9-1)25-33-26(18)38-28-21-13-5-6-14-22(21)30(35-28)40-32-24-16-8-7-15-23(24)31(36-32)39-29-20-12-4-3-11-19(20)27(34-29)37-25;2*10-7-5-3-1-2-4-6(5)8(11)9-7;/h1-16H,(H2,33,34,35,36,37,38,39,40);2*1-4H,(H,9,10,11);/q;;;+2/p-2. The Balaban J connectivity index is 0.000000167. The second-order valence-electron chi connectivity index (χ2n) is 14.3. The summed E-state index contributed by atoms with van der Waals surface area (Å²) in [5.74, 6) is 0.687. The first-order chi connectivity index (χ1) is 30.4. The van der Waals surface area contributed by atoms with Crippen molar-refractivity contribution < 1.29 is 36.2 Å². The molecule has 63 heavy (non-hydrogen) atoms. The molecular weight excluding hydrogens is 844 g/mol. The summed E-state index contributed by atoms with van der Waals surface area (Å²) < 4.78 is 0. The molecule has 15 heteroatoms. The minimum absolute atomic E-state index is 0. The van der Waals surface area contributed by atoms with E-state index in [4.69, 9.17) is 29.9 Å². The first-order valence-corrected chi connectivity index (χ1v) is 19.4. The maximum atomic E-state index is 10.9. The van der Waals surface area contributed by atoms with Crippen molar-refractivity contribution in [3.63, 3.8) is 0 Å². The van der Waals surface area contributed by atoms with E-state index in [1.54, 1.807) is 48.5 Å². The van der Waals surface area contributed by atoms with E-state index in [-0.39, 0.29) is 17.1 Å². The van der Waals surface area contributed by atoms with Crippen LogP contribution in [0, 0.1) is 0 Å². The summed E-state index contributed by atoms with van der Waals surface area (Å²) >= 11 is 0. The van der Waals surface area contributed by atoms with Gasteiger partial charge in [0, 0.05) is 66.1 Å². The van der Waals surface area contributed by atoms with Gasteiger partial charge in [-0.25, -0.2) is 29.9 Å². The first-order valence-electron chi connectivity index (χ1n) is 19.4. The Morgan fingerprint density at radius 1 is 0.286 bits per heavy atom. The Bertz CT molecular complexity index is 3150. The van der Waals surface area contributed by atoms with Gasteiger partial charge in [0.1, 0.15) is 22.6 Å². The predicted molar refractivity (Wildman–Crippen MR) is 233 cm³/mol. The molecule has 0 unspecified atom stereocenters. The van der Waals surface area contributed by atoms with Crippen LogP contribution in [0.5, 0.6) is 0 Å². The summed E-state index contributed by atoms with van der Waals surface area (Å²) in [6.45, 7) is 0. The molecule has 1 radical (unpaired) electrons. The second-order valence-corrected chi connectivity index (χ2v) is 14.3. The first kappa shape index (κ1) is 38.7. The van der Waals surface area contributed by atoms with Crippen molar-refractivity contribution in [1.29, 1.82) is 0 Å². The van der Waals surface area contributed by atoms with E-state index in [2.05, 4.69) is 20.6 Å². The van der Waals surface area contributed by atoms with Gasteiger partial charge < -0.3 is 39.8 Å². The van der Waals surface area contributed by atoms with Crippen molar-refractivity contribution in [3.8, 4) is 45.6 Å².